The van der Waals surface area contributed by atoms with Crippen molar-refractivity contribution in [3.05, 3.63) is 82.5 Å². The number of rotatable bonds is 5. The molecule has 7 heteroatoms. The molecule has 0 N–H and O–H groups in total. The quantitative estimate of drug-likeness (QED) is 0.277. The fourth-order valence-corrected chi connectivity index (χ4v) is 4.45. The summed E-state index contributed by atoms with van der Waals surface area (Å²) in [7, 11) is 0. The molecule has 2 heterocycles. The number of hydrogen-bond donors (Lipinski definition) is 0. The lowest BCUT2D eigenvalue weighted by Gasteiger charge is -2.16. The number of ether oxygens (including phenoxy) is 1. The number of thiocarbonyl (C=S) groups is 1. The van der Waals surface area contributed by atoms with Crippen LogP contribution in [-0.4, -0.2) is 22.8 Å². The van der Waals surface area contributed by atoms with Gasteiger partial charge < -0.3 is 9.15 Å². The number of benzene rings is 2. The van der Waals surface area contributed by atoms with Gasteiger partial charge in [0.1, 0.15) is 11.5 Å². The topological polar surface area (TPSA) is 59.8 Å². The number of nitrogens with zero attached hydrogens (tertiary/aromatic N) is 1. The Labute approximate surface area is 189 Å². The zero-order valence-electron chi connectivity index (χ0n) is 17.0. The average molecular weight is 450 g/mol. The largest absolute Gasteiger partial charge is 0.462 e. The molecule has 5 nitrogen and oxygen atoms in total. The number of para-hydroxylation sites is 1. The van der Waals surface area contributed by atoms with Crippen LogP contribution in [0.3, 0.4) is 0 Å². The van der Waals surface area contributed by atoms with Gasteiger partial charge in [0.15, 0.2) is 4.32 Å². The third-order valence-corrected chi connectivity index (χ3v) is 6.03. The molecule has 0 saturated carbocycles. The first-order valence-corrected chi connectivity index (χ1v) is 10.9. The molecule has 0 bridgehead atoms. The van der Waals surface area contributed by atoms with E-state index in [9.17, 15) is 9.59 Å². The molecule has 0 aliphatic carbocycles. The van der Waals surface area contributed by atoms with Crippen LogP contribution in [0.25, 0.3) is 17.4 Å². The molecule has 0 unspecified atom stereocenters. The Hall–Kier alpha value is -3.16. The lowest BCUT2D eigenvalue weighted by molar-refractivity contribution is -0.113. The highest BCUT2D eigenvalue weighted by Gasteiger charge is 2.34. The molecule has 0 spiro atoms. The zero-order valence-corrected chi connectivity index (χ0v) is 18.6. The van der Waals surface area contributed by atoms with Crippen LogP contribution >= 0.6 is 24.0 Å². The van der Waals surface area contributed by atoms with E-state index in [0.29, 0.717) is 32.9 Å². The maximum atomic E-state index is 13.0. The van der Waals surface area contributed by atoms with E-state index in [1.54, 1.807) is 48.2 Å². The van der Waals surface area contributed by atoms with Crippen molar-refractivity contribution in [1.82, 2.24) is 0 Å². The van der Waals surface area contributed by atoms with E-state index in [0.717, 1.165) is 16.8 Å². The Morgan fingerprint density at radius 3 is 2.58 bits per heavy atom. The second-order valence-corrected chi connectivity index (χ2v) is 8.48. The van der Waals surface area contributed by atoms with Crippen molar-refractivity contribution >= 4 is 51.9 Å². The highest BCUT2D eigenvalue weighted by molar-refractivity contribution is 8.27. The summed E-state index contributed by atoms with van der Waals surface area (Å²) in [6.45, 7) is 4.05. The molecule has 1 amide bonds. The van der Waals surface area contributed by atoms with Gasteiger partial charge in [-0.25, -0.2) is 4.79 Å². The van der Waals surface area contributed by atoms with Gasteiger partial charge in [-0.15, -0.1) is 0 Å². The number of hydrogen-bond acceptors (Lipinski definition) is 6. The van der Waals surface area contributed by atoms with Crippen molar-refractivity contribution < 1.29 is 18.7 Å². The van der Waals surface area contributed by atoms with Crippen molar-refractivity contribution in [2.24, 2.45) is 0 Å². The van der Waals surface area contributed by atoms with E-state index in [4.69, 9.17) is 21.4 Å². The Bertz CT molecular complexity index is 1190. The summed E-state index contributed by atoms with van der Waals surface area (Å²) >= 11 is 6.70. The van der Waals surface area contributed by atoms with Gasteiger partial charge in [0.25, 0.3) is 5.91 Å². The fourth-order valence-electron chi connectivity index (χ4n) is 3.19. The van der Waals surface area contributed by atoms with E-state index in [-0.39, 0.29) is 11.9 Å². The van der Waals surface area contributed by atoms with E-state index >= 15 is 0 Å². The predicted molar refractivity (Wildman–Crippen MR) is 127 cm³/mol. The first-order valence-electron chi connectivity index (χ1n) is 9.69. The number of carbonyl (C=O) groups excluding carboxylic acids is 2. The molecule has 0 atom stereocenters. The monoisotopic (exact) mass is 449 g/mol. The standard InChI is InChI=1S/C24H19NO4S2/c1-3-28-23(27)17-10-8-16(9-11-17)20-13-12-18(29-20)14-21-22(26)25(24(30)31-21)19-7-5-4-6-15(19)2/h4-14H,3H2,1-2H3/b21-14-. The zero-order chi connectivity index (χ0) is 22.0. The van der Waals surface area contributed by atoms with Crippen LogP contribution in [0, 0.1) is 6.92 Å². The molecule has 1 aliphatic heterocycles. The molecule has 3 aromatic rings. The normalized spacial score (nSPS) is 15.0. The van der Waals surface area contributed by atoms with Crippen LogP contribution < -0.4 is 4.90 Å². The van der Waals surface area contributed by atoms with E-state index < -0.39 is 0 Å². The first kappa shape index (κ1) is 21.1. The number of carbonyl (C=O) groups is 2. The Balaban J connectivity index is 1.55. The van der Waals surface area contributed by atoms with Crippen molar-refractivity contribution in [3.8, 4) is 11.3 Å². The van der Waals surface area contributed by atoms with E-state index in [2.05, 4.69) is 0 Å². The highest BCUT2D eigenvalue weighted by atomic mass is 32.2. The van der Waals surface area contributed by atoms with Crippen LogP contribution in [0.1, 0.15) is 28.6 Å². The molecule has 1 aromatic heterocycles. The summed E-state index contributed by atoms with van der Waals surface area (Å²) in [5, 5.41) is 0. The summed E-state index contributed by atoms with van der Waals surface area (Å²) in [6, 6.07) is 18.3. The van der Waals surface area contributed by atoms with Crippen molar-refractivity contribution in [2.45, 2.75) is 13.8 Å². The van der Waals surface area contributed by atoms with Crippen molar-refractivity contribution in [2.75, 3.05) is 11.5 Å². The molecule has 0 radical (unpaired) electrons. The number of esters is 1. The van der Waals surface area contributed by atoms with E-state index in [1.165, 1.54) is 11.8 Å². The van der Waals surface area contributed by atoms with Gasteiger partial charge in [-0.05, 0) is 49.7 Å². The maximum Gasteiger partial charge on any atom is 0.338 e. The number of aryl methyl sites for hydroxylation is 1. The second kappa shape index (κ2) is 8.91. The summed E-state index contributed by atoms with van der Waals surface area (Å²) in [5.74, 6) is 0.664. The molecule has 4 rings (SSSR count). The smallest absolute Gasteiger partial charge is 0.338 e. The molecule has 31 heavy (non-hydrogen) atoms. The summed E-state index contributed by atoms with van der Waals surface area (Å²) in [6.07, 6.45) is 1.70. The minimum atomic E-state index is -0.357. The van der Waals surface area contributed by atoms with Crippen LogP contribution in [0.15, 0.2) is 70.0 Å². The molecule has 156 valence electrons. The number of amides is 1. The van der Waals surface area contributed by atoms with Crippen LogP contribution in [0.5, 0.6) is 0 Å². The Morgan fingerprint density at radius 1 is 1.13 bits per heavy atom. The van der Waals surface area contributed by atoms with Crippen molar-refractivity contribution in [1.29, 1.82) is 0 Å². The minimum Gasteiger partial charge on any atom is -0.462 e. The van der Waals surface area contributed by atoms with Crippen LogP contribution in [0.4, 0.5) is 5.69 Å². The van der Waals surface area contributed by atoms with Crippen LogP contribution in [-0.2, 0) is 9.53 Å². The van der Waals surface area contributed by atoms with Gasteiger partial charge in [0, 0.05) is 11.6 Å². The van der Waals surface area contributed by atoms with Gasteiger partial charge >= 0.3 is 5.97 Å². The molecular weight excluding hydrogens is 430 g/mol. The van der Waals surface area contributed by atoms with Gasteiger partial charge in [-0.2, -0.15) is 0 Å². The van der Waals surface area contributed by atoms with Gasteiger partial charge in [0.05, 0.1) is 22.8 Å². The fraction of sp³-hybridized carbons (Fsp3) is 0.125. The number of thioether (sulfide) groups is 1. The van der Waals surface area contributed by atoms with E-state index in [1.807, 2.05) is 37.3 Å². The van der Waals surface area contributed by atoms with Crippen molar-refractivity contribution in [3.63, 3.8) is 0 Å². The van der Waals surface area contributed by atoms with Crippen LogP contribution in [0.2, 0.25) is 0 Å². The third kappa shape index (κ3) is 4.33. The third-order valence-electron chi connectivity index (χ3n) is 4.73. The molecule has 2 aromatic carbocycles. The average Bonchev–Trinajstić information content (AvgIpc) is 3.34. The molecular formula is C24H19NO4S2. The second-order valence-electron chi connectivity index (χ2n) is 6.80. The van der Waals surface area contributed by atoms with Gasteiger partial charge in [-0.3, -0.25) is 9.69 Å². The summed E-state index contributed by atoms with van der Waals surface area (Å²) in [5.41, 5.74) is 3.07. The minimum absolute atomic E-state index is 0.166. The summed E-state index contributed by atoms with van der Waals surface area (Å²) < 4.78 is 11.4. The molecule has 1 fully saturated rings. The van der Waals surface area contributed by atoms with Gasteiger partial charge in [-0.1, -0.05) is 54.3 Å². The maximum absolute atomic E-state index is 13.0. The summed E-state index contributed by atoms with van der Waals surface area (Å²) in [4.78, 5) is 26.8. The molecule has 1 aliphatic rings. The number of anilines is 1. The Kier molecular flexibility index (Phi) is 6.06. The lowest BCUT2D eigenvalue weighted by Crippen LogP contribution is -2.28. The number of furan rings is 1. The molecule has 1 saturated heterocycles. The Morgan fingerprint density at radius 2 is 1.87 bits per heavy atom. The SMILES string of the molecule is CCOC(=O)c1ccc(-c2ccc(/C=C3\SC(=S)N(c4ccccc4C)C3=O)o2)cc1. The lowest BCUT2D eigenvalue weighted by atomic mass is 10.1. The highest BCUT2D eigenvalue weighted by Crippen LogP contribution is 2.37. The predicted octanol–water partition coefficient (Wildman–Crippen LogP) is 5.84. The first-order chi connectivity index (χ1) is 15.0. The van der Waals surface area contributed by atoms with Gasteiger partial charge in [0.2, 0.25) is 0 Å².